The molecule has 3 rings (SSSR count). The van der Waals surface area contributed by atoms with Gasteiger partial charge in [0.1, 0.15) is 0 Å². The molecule has 2 fully saturated rings. The Hall–Kier alpha value is -2.09. The number of urea groups is 1. The molecule has 1 aromatic rings. The molecule has 7 nitrogen and oxygen atoms in total. The van der Waals surface area contributed by atoms with E-state index in [1.165, 1.54) is 6.07 Å². The van der Waals surface area contributed by atoms with Crippen LogP contribution in [0.3, 0.4) is 0 Å². The van der Waals surface area contributed by atoms with Gasteiger partial charge in [0.05, 0.1) is 16.1 Å². The van der Waals surface area contributed by atoms with Crippen molar-refractivity contribution in [2.45, 2.75) is 67.6 Å². The van der Waals surface area contributed by atoms with Gasteiger partial charge in [-0.1, -0.05) is 25.3 Å². The Morgan fingerprint density at radius 1 is 1.04 bits per heavy atom. The molecule has 0 saturated heterocycles. The van der Waals surface area contributed by atoms with Gasteiger partial charge in [-0.25, -0.2) is 13.2 Å². The van der Waals surface area contributed by atoms with Gasteiger partial charge in [0.15, 0.2) is 9.84 Å². The minimum Gasteiger partial charge on any atom is -0.481 e. The molecular weight excluding hydrogens is 368 g/mol. The van der Waals surface area contributed by atoms with Crippen LogP contribution in [0.5, 0.6) is 0 Å². The molecule has 0 heterocycles. The van der Waals surface area contributed by atoms with Crippen LogP contribution in [0.4, 0.5) is 10.5 Å². The third kappa shape index (κ3) is 4.80. The summed E-state index contributed by atoms with van der Waals surface area (Å²) in [6, 6.07) is 5.72. The van der Waals surface area contributed by atoms with E-state index in [1.807, 2.05) is 0 Å². The first-order chi connectivity index (χ1) is 12.9. The Bertz CT molecular complexity index is 802. The number of hydrogen-bond donors (Lipinski definition) is 3. The number of sulfone groups is 1. The number of nitrogens with one attached hydrogen (secondary N) is 2. The van der Waals surface area contributed by atoms with Gasteiger partial charge in [-0.05, 0) is 50.3 Å². The van der Waals surface area contributed by atoms with Crippen molar-refractivity contribution in [1.29, 1.82) is 0 Å². The fraction of sp³-hybridized carbons (Fsp3) is 0.579. The smallest absolute Gasteiger partial charge is 0.319 e. The molecule has 0 aromatic heterocycles. The minimum atomic E-state index is -3.40. The van der Waals surface area contributed by atoms with Crippen molar-refractivity contribution in [2.24, 2.45) is 5.92 Å². The molecule has 2 amide bonds. The summed E-state index contributed by atoms with van der Waals surface area (Å²) in [7, 11) is -3.40. The number of hydrogen-bond acceptors (Lipinski definition) is 4. The average Bonchev–Trinajstić information content (AvgIpc) is 3.11. The Morgan fingerprint density at radius 2 is 1.78 bits per heavy atom. The number of carbonyl (C=O) groups is 2. The van der Waals surface area contributed by atoms with Gasteiger partial charge in [0.2, 0.25) is 0 Å². The van der Waals surface area contributed by atoms with Gasteiger partial charge in [0.25, 0.3) is 0 Å². The van der Waals surface area contributed by atoms with Crippen LogP contribution in [0.1, 0.15) is 51.4 Å². The Morgan fingerprint density at radius 3 is 2.44 bits per heavy atom. The molecule has 2 saturated carbocycles. The van der Waals surface area contributed by atoms with E-state index in [9.17, 15) is 18.0 Å². The summed E-state index contributed by atoms with van der Waals surface area (Å²) in [5, 5.41) is 14.1. The van der Waals surface area contributed by atoms with Gasteiger partial charge >= 0.3 is 12.0 Å². The van der Waals surface area contributed by atoms with E-state index in [1.54, 1.807) is 18.2 Å². The number of anilines is 1. The number of carboxylic acid groups (broad SMARTS) is 1. The zero-order chi connectivity index (χ0) is 19.4. The quantitative estimate of drug-likeness (QED) is 0.710. The normalized spacial score (nSPS) is 23.7. The molecule has 0 radical (unpaired) electrons. The molecule has 8 heteroatoms. The SMILES string of the molecule is O=C(Nc1cccc(S(=O)(=O)C2CCCCC2)c1)N[C@H]1CC[C@@H](C(=O)O)C1. The molecule has 0 unspecified atom stereocenters. The molecule has 2 atom stereocenters. The third-order valence-electron chi connectivity index (χ3n) is 5.53. The van der Waals surface area contributed by atoms with E-state index >= 15 is 0 Å². The first-order valence-corrected chi connectivity index (χ1v) is 11.0. The lowest BCUT2D eigenvalue weighted by Gasteiger charge is -2.22. The summed E-state index contributed by atoms with van der Waals surface area (Å²) in [5.74, 6) is -1.25. The lowest BCUT2D eigenvalue weighted by molar-refractivity contribution is -0.141. The van der Waals surface area contributed by atoms with E-state index in [4.69, 9.17) is 5.11 Å². The van der Waals surface area contributed by atoms with Crippen LogP contribution in [-0.4, -0.2) is 36.8 Å². The monoisotopic (exact) mass is 394 g/mol. The van der Waals surface area contributed by atoms with E-state index in [-0.39, 0.29) is 16.2 Å². The first-order valence-electron chi connectivity index (χ1n) is 9.50. The molecule has 0 bridgehead atoms. The van der Waals surface area contributed by atoms with E-state index in [0.717, 1.165) is 19.3 Å². The van der Waals surface area contributed by atoms with E-state index in [0.29, 0.717) is 37.8 Å². The van der Waals surface area contributed by atoms with Crippen molar-refractivity contribution in [3.8, 4) is 0 Å². The maximum atomic E-state index is 12.8. The number of carboxylic acids is 1. The van der Waals surface area contributed by atoms with E-state index < -0.39 is 27.8 Å². The van der Waals surface area contributed by atoms with Crippen molar-refractivity contribution < 1.29 is 23.1 Å². The van der Waals surface area contributed by atoms with Crippen LogP contribution < -0.4 is 10.6 Å². The Balaban J connectivity index is 1.62. The van der Waals surface area contributed by atoms with Crippen molar-refractivity contribution in [2.75, 3.05) is 5.32 Å². The molecule has 1 aromatic carbocycles. The maximum absolute atomic E-state index is 12.8. The van der Waals surface area contributed by atoms with Gasteiger partial charge in [-0.15, -0.1) is 0 Å². The van der Waals surface area contributed by atoms with Gasteiger partial charge in [-0.3, -0.25) is 4.79 Å². The summed E-state index contributed by atoms with van der Waals surface area (Å²) in [6.07, 6.45) is 5.91. The van der Waals surface area contributed by atoms with Gasteiger partial charge in [-0.2, -0.15) is 0 Å². The van der Waals surface area contributed by atoms with Crippen LogP contribution in [0.2, 0.25) is 0 Å². The first kappa shape index (κ1) is 19.7. The Labute approximate surface area is 159 Å². The largest absolute Gasteiger partial charge is 0.481 e. The molecule has 2 aliphatic carbocycles. The molecule has 3 N–H and O–H groups in total. The van der Waals surface area contributed by atoms with Crippen molar-refractivity contribution >= 4 is 27.5 Å². The zero-order valence-electron chi connectivity index (χ0n) is 15.2. The van der Waals surface area contributed by atoms with Crippen LogP contribution in [0.15, 0.2) is 29.2 Å². The molecule has 0 spiro atoms. The fourth-order valence-electron chi connectivity index (χ4n) is 4.01. The summed E-state index contributed by atoms with van der Waals surface area (Å²) >= 11 is 0. The summed E-state index contributed by atoms with van der Waals surface area (Å²) in [6.45, 7) is 0. The summed E-state index contributed by atoms with van der Waals surface area (Å²) in [4.78, 5) is 23.4. The predicted octanol–water partition coefficient (Wildman–Crippen LogP) is 3.17. The number of amides is 2. The van der Waals surface area contributed by atoms with Crippen LogP contribution >= 0.6 is 0 Å². The number of benzene rings is 1. The standard InChI is InChI=1S/C19H26N2O5S/c22-18(23)13-9-10-15(11-13)21-19(24)20-14-5-4-8-17(12-14)27(25,26)16-6-2-1-3-7-16/h4-5,8,12-13,15-16H,1-3,6-7,9-11H2,(H,22,23)(H2,20,21,24)/t13-,15+/m1/s1. The van der Waals surface area contributed by atoms with E-state index in [2.05, 4.69) is 10.6 Å². The second kappa shape index (κ2) is 8.29. The van der Waals surface area contributed by atoms with Crippen LogP contribution in [0, 0.1) is 5.92 Å². The summed E-state index contributed by atoms with van der Waals surface area (Å²) in [5.41, 5.74) is 0.414. The topological polar surface area (TPSA) is 113 Å². The number of carbonyl (C=O) groups excluding carboxylic acids is 1. The fourth-order valence-corrected chi connectivity index (χ4v) is 5.91. The lowest BCUT2D eigenvalue weighted by atomic mass is 10.0. The molecule has 148 valence electrons. The highest BCUT2D eigenvalue weighted by molar-refractivity contribution is 7.92. The second-order valence-corrected chi connectivity index (χ2v) is 9.70. The maximum Gasteiger partial charge on any atom is 0.319 e. The van der Waals surface area contributed by atoms with Crippen LogP contribution in [-0.2, 0) is 14.6 Å². The lowest BCUT2D eigenvalue weighted by Crippen LogP contribution is -2.36. The molecule has 0 aliphatic heterocycles. The molecule has 2 aliphatic rings. The second-order valence-electron chi connectivity index (χ2n) is 7.48. The Kier molecular flexibility index (Phi) is 6.04. The van der Waals surface area contributed by atoms with Gasteiger partial charge in [0, 0.05) is 11.7 Å². The highest BCUT2D eigenvalue weighted by atomic mass is 32.2. The van der Waals surface area contributed by atoms with Crippen molar-refractivity contribution in [3.63, 3.8) is 0 Å². The minimum absolute atomic E-state index is 0.180. The van der Waals surface area contributed by atoms with Crippen molar-refractivity contribution in [1.82, 2.24) is 5.32 Å². The highest BCUT2D eigenvalue weighted by Gasteiger charge is 2.31. The molecule has 27 heavy (non-hydrogen) atoms. The zero-order valence-corrected chi connectivity index (χ0v) is 16.0. The van der Waals surface area contributed by atoms with Gasteiger partial charge < -0.3 is 15.7 Å². The number of rotatable bonds is 5. The average molecular weight is 394 g/mol. The summed E-state index contributed by atoms with van der Waals surface area (Å²) < 4.78 is 25.6. The molecular formula is C19H26N2O5S. The van der Waals surface area contributed by atoms with Crippen molar-refractivity contribution in [3.05, 3.63) is 24.3 Å². The van der Waals surface area contributed by atoms with Crippen LogP contribution in [0.25, 0.3) is 0 Å². The number of aliphatic carboxylic acids is 1. The predicted molar refractivity (Wildman–Crippen MR) is 101 cm³/mol. The third-order valence-corrected chi connectivity index (χ3v) is 7.79. The highest BCUT2D eigenvalue weighted by Crippen LogP contribution is 2.30.